The third kappa shape index (κ3) is 1.38. The van der Waals surface area contributed by atoms with Gasteiger partial charge in [0.15, 0.2) is 0 Å². The lowest BCUT2D eigenvalue weighted by Gasteiger charge is -2.01. The highest BCUT2D eigenvalue weighted by Crippen LogP contribution is 2.06. The first kappa shape index (κ1) is 6.01. The van der Waals surface area contributed by atoms with Gasteiger partial charge in [-0.1, -0.05) is 0 Å². The van der Waals surface area contributed by atoms with E-state index in [1.165, 1.54) is 6.20 Å². The highest BCUT2D eigenvalue weighted by atomic mass is 16.1. The topological polar surface area (TPSA) is 55.5 Å². The molecular formula is C6H8N2O. The number of hydrogen-bond acceptors (Lipinski definition) is 2. The van der Waals surface area contributed by atoms with E-state index in [2.05, 4.69) is 4.99 Å². The number of primary amides is 1. The molecule has 0 fully saturated rings. The smallest absolute Gasteiger partial charge is 0.246 e. The van der Waals surface area contributed by atoms with Gasteiger partial charge >= 0.3 is 0 Å². The van der Waals surface area contributed by atoms with Gasteiger partial charge in [0.2, 0.25) is 5.91 Å². The first-order valence-corrected chi connectivity index (χ1v) is 2.81. The third-order valence-corrected chi connectivity index (χ3v) is 1.20. The molecule has 48 valence electrons. The van der Waals surface area contributed by atoms with Crippen LogP contribution >= 0.6 is 0 Å². The van der Waals surface area contributed by atoms with Gasteiger partial charge in [-0.25, -0.2) is 0 Å². The summed E-state index contributed by atoms with van der Waals surface area (Å²) in [5.41, 5.74) is 5.61. The number of hydrogen-bond donors (Lipinski definition) is 1. The number of nitrogens with zero attached hydrogens (tertiary/aromatic N) is 1. The van der Waals surface area contributed by atoms with Crippen molar-refractivity contribution < 1.29 is 4.79 Å². The van der Waals surface area contributed by atoms with Gasteiger partial charge in [0.05, 0.1) is 0 Å². The molecule has 9 heavy (non-hydrogen) atoms. The summed E-state index contributed by atoms with van der Waals surface area (Å²) < 4.78 is 0. The van der Waals surface area contributed by atoms with E-state index >= 15 is 0 Å². The van der Waals surface area contributed by atoms with E-state index in [0.717, 1.165) is 12.8 Å². The van der Waals surface area contributed by atoms with Crippen molar-refractivity contribution in [2.24, 2.45) is 10.7 Å². The molecule has 0 atom stereocenters. The molecule has 3 heteroatoms. The van der Waals surface area contributed by atoms with Crippen LogP contribution < -0.4 is 5.73 Å². The largest absolute Gasteiger partial charge is 0.366 e. The number of amides is 1. The SMILES string of the molecule is NC(=O)C1=CN=CCC1. The average Bonchev–Trinajstić information content (AvgIpc) is 1.90. The lowest BCUT2D eigenvalue weighted by atomic mass is 10.1. The Bertz CT molecular complexity index is 181. The van der Waals surface area contributed by atoms with Gasteiger partial charge in [-0.2, -0.15) is 0 Å². The molecule has 0 aromatic heterocycles. The van der Waals surface area contributed by atoms with Gasteiger partial charge < -0.3 is 5.73 Å². The highest BCUT2D eigenvalue weighted by molar-refractivity contribution is 5.92. The second kappa shape index (κ2) is 2.44. The Morgan fingerprint density at radius 3 is 2.89 bits per heavy atom. The summed E-state index contributed by atoms with van der Waals surface area (Å²) in [5, 5.41) is 0. The zero-order chi connectivity index (χ0) is 6.69. The lowest BCUT2D eigenvalue weighted by molar-refractivity contribution is -0.114. The predicted molar refractivity (Wildman–Crippen MR) is 35.0 cm³/mol. The van der Waals surface area contributed by atoms with E-state index in [0.29, 0.717) is 5.57 Å². The molecule has 1 rings (SSSR count). The Balaban J connectivity index is 2.68. The normalized spacial score (nSPS) is 17.1. The molecule has 1 aliphatic rings. The average molecular weight is 124 g/mol. The summed E-state index contributed by atoms with van der Waals surface area (Å²) >= 11 is 0. The van der Waals surface area contributed by atoms with Crippen molar-refractivity contribution >= 4 is 12.1 Å². The van der Waals surface area contributed by atoms with Gasteiger partial charge in [0.25, 0.3) is 0 Å². The highest BCUT2D eigenvalue weighted by Gasteiger charge is 2.04. The van der Waals surface area contributed by atoms with Crippen molar-refractivity contribution in [3.63, 3.8) is 0 Å². The molecule has 0 saturated heterocycles. The van der Waals surface area contributed by atoms with Crippen molar-refractivity contribution in [3.05, 3.63) is 11.8 Å². The van der Waals surface area contributed by atoms with Crippen LogP contribution in [-0.4, -0.2) is 12.1 Å². The van der Waals surface area contributed by atoms with E-state index in [1.807, 2.05) is 0 Å². The van der Waals surface area contributed by atoms with Crippen LogP contribution in [-0.2, 0) is 4.79 Å². The molecule has 3 nitrogen and oxygen atoms in total. The number of nitrogens with two attached hydrogens (primary N) is 1. The Kier molecular flexibility index (Phi) is 1.63. The minimum atomic E-state index is -0.355. The maximum absolute atomic E-state index is 10.4. The van der Waals surface area contributed by atoms with Crippen LogP contribution in [0.3, 0.4) is 0 Å². The maximum Gasteiger partial charge on any atom is 0.246 e. The molecule has 2 N–H and O–H groups in total. The summed E-state index contributed by atoms with van der Waals surface area (Å²) in [5.74, 6) is -0.355. The minimum Gasteiger partial charge on any atom is -0.366 e. The molecular weight excluding hydrogens is 116 g/mol. The second-order valence-corrected chi connectivity index (χ2v) is 1.89. The van der Waals surface area contributed by atoms with Crippen molar-refractivity contribution in [1.82, 2.24) is 0 Å². The zero-order valence-corrected chi connectivity index (χ0v) is 5.00. The minimum absolute atomic E-state index is 0.355. The summed E-state index contributed by atoms with van der Waals surface area (Å²) in [6, 6.07) is 0. The van der Waals surface area contributed by atoms with Crippen molar-refractivity contribution in [2.45, 2.75) is 12.8 Å². The van der Waals surface area contributed by atoms with Gasteiger partial charge in [-0.15, -0.1) is 0 Å². The Labute approximate surface area is 53.3 Å². The molecule has 1 heterocycles. The van der Waals surface area contributed by atoms with Crippen molar-refractivity contribution in [3.8, 4) is 0 Å². The molecule has 0 unspecified atom stereocenters. The molecule has 0 aromatic carbocycles. The van der Waals surface area contributed by atoms with E-state index < -0.39 is 0 Å². The predicted octanol–water partition coefficient (Wildman–Crippen LogP) is 0.220. The van der Waals surface area contributed by atoms with Crippen LogP contribution in [0.25, 0.3) is 0 Å². The van der Waals surface area contributed by atoms with Gasteiger partial charge in [0.1, 0.15) is 0 Å². The summed E-state index contributed by atoms with van der Waals surface area (Å²) in [7, 11) is 0. The Hall–Kier alpha value is -1.12. The third-order valence-electron chi connectivity index (χ3n) is 1.20. The fraction of sp³-hybridized carbons (Fsp3) is 0.333. The summed E-state index contributed by atoms with van der Waals surface area (Å²) in [6.45, 7) is 0. The molecule has 0 radical (unpaired) electrons. The van der Waals surface area contributed by atoms with Gasteiger partial charge in [-0.3, -0.25) is 9.79 Å². The molecule has 0 bridgehead atoms. The maximum atomic E-state index is 10.4. The number of aliphatic imine (C=N–C) groups is 1. The monoisotopic (exact) mass is 124 g/mol. The molecule has 0 saturated carbocycles. The molecule has 1 aliphatic heterocycles. The van der Waals surface area contributed by atoms with Crippen LogP contribution in [0.4, 0.5) is 0 Å². The Morgan fingerprint density at radius 1 is 1.78 bits per heavy atom. The standard InChI is InChI=1S/C6H8N2O/c7-6(9)5-2-1-3-8-4-5/h3-4H,1-2H2,(H2,7,9). The van der Waals surface area contributed by atoms with E-state index in [9.17, 15) is 4.79 Å². The fourth-order valence-corrected chi connectivity index (χ4v) is 0.689. The second-order valence-electron chi connectivity index (χ2n) is 1.89. The first-order valence-electron chi connectivity index (χ1n) is 2.81. The van der Waals surface area contributed by atoms with Crippen LogP contribution in [0.1, 0.15) is 12.8 Å². The zero-order valence-electron chi connectivity index (χ0n) is 5.00. The number of carbonyl (C=O) groups excluding carboxylic acids is 1. The first-order chi connectivity index (χ1) is 4.30. The molecule has 0 aromatic rings. The Morgan fingerprint density at radius 2 is 2.56 bits per heavy atom. The quantitative estimate of drug-likeness (QED) is 0.534. The lowest BCUT2D eigenvalue weighted by Crippen LogP contribution is -2.14. The molecule has 0 aliphatic carbocycles. The van der Waals surface area contributed by atoms with E-state index in [-0.39, 0.29) is 5.91 Å². The fourth-order valence-electron chi connectivity index (χ4n) is 0.689. The summed E-state index contributed by atoms with van der Waals surface area (Å²) in [6.07, 6.45) is 4.85. The van der Waals surface area contributed by atoms with Crippen LogP contribution in [0.5, 0.6) is 0 Å². The molecule has 1 amide bonds. The van der Waals surface area contributed by atoms with Crippen molar-refractivity contribution in [2.75, 3.05) is 0 Å². The number of rotatable bonds is 1. The van der Waals surface area contributed by atoms with Crippen LogP contribution in [0.2, 0.25) is 0 Å². The molecule has 0 spiro atoms. The van der Waals surface area contributed by atoms with Crippen LogP contribution in [0, 0.1) is 0 Å². The summed E-state index contributed by atoms with van der Waals surface area (Å²) in [4.78, 5) is 14.2. The van der Waals surface area contributed by atoms with Gasteiger partial charge in [-0.05, 0) is 12.8 Å². The van der Waals surface area contributed by atoms with Gasteiger partial charge in [0, 0.05) is 18.0 Å². The number of carbonyl (C=O) groups is 1. The van der Waals surface area contributed by atoms with Crippen molar-refractivity contribution in [1.29, 1.82) is 0 Å². The van der Waals surface area contributed by atoms with Crippen LogP contribution in [0.15, 0.2) is 16.8 Å². The van der Waals surface area contributed by atoms with E-state index in [4.69, 9.17) is 5.73 Å². The van der Waals surface area contributed by atoms with E-state index in [1.54, 1.807) is 6.21 Å².